The quantitative estimate of drug-likeness (QED) is 0.0391. The molecule has 0 aromatic heterocycles. The maximum absolute atomic E-state index is 11.2. The van der Waals surface area contributed by atoms with Crippen LogP contribution in [-0.4, -0.2) is 74.2 Å². The normalized spacial score (nSPS) is 11.8. The molecule has 0 fully saturated rings. The Labute approximate surface area is 424 Å². The van der Waals surface area contributed by atoms with Gasteiger partial charge in [0.05, 0.1) is 61.2 Å². The Morgan fingerprint density at radius 2 is 0.574 bits per heavy atom. The fourth-order valence-corrected chi connectivity index (χ4v) is 21.3. The second kappa shape index (κ2) is 44.6. The molecule has 0 aliphatic heterocycles. The van der Waals surface area contributed by atoms with E-state index in [1.807, 2.05) is 0 Å². The van der Waals surface area contributed by atoms with Gasteiger partial charge in [0.25, 0.3) is 10.1 Å². The van der Waals surface area contributed by atoms with Crippen molar-refractivity contribution < 1.29 is 32.8 Å². The molecule has 1 aromatic rings. The first-order valence-electron chi connectivity index (χ1n) is 28.8. The fraction of sp³-hybridized carbons (Fsp3) is 0.862. The fourth-order valence-electron chi connectivity index (χ4n) is 9.87. The predicted molar refractivity (Wildman–Crippen MR) is 300 cm³/mol. The van der Waals surface area contributed by atoms with Gasteiger partial charge >= 0.3 is 0 Å². The number of hydrogen-bond donors (Lipinski definition) is 1. The first kappa shape index (κ1) is 69.0. The Morgan fingerprint density at radius 1 is 0.382 bits per heavy atom. The van der Waals surface area contributed by atoms with Crippen molar-refractivity contribution in [2.75, 3.05) is 49.3 Å². The van der Waals surface area contributed by atoms with Gasteiger partial charge in [-0.25, -0.2) is 0 Å². The average Bonchev–Trinajstić information content (AvgIpc) is 3.30. The number of benzene rings is 1. The van der Waals surface area contributed by atoms with E-state index in [2.05, 4.69) is 55.4 Å². The first-order valence-corrected chi connectivity index (χ1v) is 35.3. The van der Waals surface area contributed by atoms with E-state index in [9.17, 15) is 28.2 Å². The number of unbranched alkanes of at least 4 members (excludes halogenated alkanes) is 24. The maximum atomic E-state index is 11.2. The SMILES string of the molecule is CCCCCCCCCCCC[P+](CCCC)(CCCC)CCCC.CCCCCCCCCCCC[P+](CCCC)(CCCC)CCCC.Cc1c(C(=O)[O-])cc(C(=O)[O-])c(C)c1S(=O)(=O)O. The van der Waals surface area contributed by atoms with Gasteiger partial charge in [0, 0.05) is 25.7 Å². The number of carboxylic acids is 2. The molecule has 0 spiro atoms. The molecule has 0 unspecified atom stereocenters. The molecule has 0 heterocycles. The minimum Gasteiger partial charge on any atom is -0.545 e. The third kappa shape index (κ3) is 33.6. The molecule has 0 aliphatic rings. The van der Waals surface area contributed by atoms with Crippen molar-refractivity contribution >= 4 is 36.6 Å². The highest BCUT2D eigenvalue weighted by molar-refractivity contribution is 7.86. The highest BCUT2D eigenvalue weighted by Gasteiger charge is 2.35. The number of rotatable bonds is 43. The van der Waals surface area contributed by atoms with Crippen molar-refractivity contribution in [3.05, 3.63) is 28.3 Å². The molecule has 0 saturated heterocycles. The van der Waals surface area contributed by atoms with Crippen LogP contribution >= 0.6 is 14.5 Å². The van der Waals surface area contributed by atoms with Gasteiger partial charge in [-0.15, -0.1) is 0 Å². The lowest BCUT2D eigenvalue weighted by atomic mass is 10.00. The van der Waals surface area contributed by atoms with Gasteiger partial charge in [-0.05, 0) is 95.2 Å². The Balaban J connectivity index is 0. The second-order valence-corrected chi connectivity index (χ2v) is 30.9. The van der Waals surface area contributed by atoms with Crippen LogP contribution in [0.15, 0.2) is 11.0 Å². The largest absolute Gasteiger partial charge is 0.545 e. The standard InChI is InChI=1S/2C24H52P.C10H10O7S/c2*1-5-9-13-14-15-16-17-18-19-20-24-25(21-10-6-2,22-11-7-3)23-12-8-4;1-4-6(9(11)12)3-7(10(13)14)5(2)8(4)18(15,16)17/h2*5-24H2,1-4H3;3H,1-2H3,(H,11,12)(H,13,14)(H,15,16,17)/q2*+1;/p-2. The molecule has 0 bridgehead atoms. The predicted octanol–water partition coefficient (Wildman–Crippen LogP) is 16.9. The third-order valence-corrected chi connectivity index (χ3v) is 25.6. The summed E-state index contributed by atoms with van der Waals surface area (Å²) in [4.78, 5) is 20.8. The van der Waals surface area contributed by atoms with E-state index in [-0.39, 0.29) is 11.1 Å². The van der Waals surface area contributed by atoms with Gasteiger partial charge in [-0.2, -0.15) is 8.42 Å². The first-order chi connectivity index (χ1) is 32.6. The van der Waals surface area contributed by atoms with Crippen molar-refractivity contribution in [1.82, 2.24) is 0 Å². The molecular weight excluding hydrogens is 903 g/mol. The summed E-state index contributed by atoms with van der Waals surface area (Å²) >= 11 is 0. The van der Waals surface area contributed by atoms with Crippen molar-refractivity contribution in [1.29, 1.82) is 0 Å². The number of carbonyl (C=O) groups excluding carboxylic acids is 2. The highest BCUT2D eigenvalue weighted by Crippen LogP contribution is 2.62. The molecule has 10 heteroatoms. The summed E-state index contributed by atoms with van der Waals surface area (Å²) < 4.78 is 31.3. The van der Waals surface area contributed by atoms with Gasteiger partial charge < -0.3 is 19.8 Å². The highest BCUT2D eigenvalue weighted by atomic mass is 32.2. The molecule has 402 valence electrons. The van der Waals surface area contributed by atoms with Crippen LogP contribution in [0.4, 0.5) is 0 Å². The van der Waals surface area contributed by atoms with E-state index in [1.165, 1.54) is 193 Å². The van der Waals surface area contributed by atoms with Gasteiger partial charge in [-0.3, -0.25) is 4.55 Å². The summed E-state index contributed by atoms with van der Waals surface area (Å²) in [5.74, 6) is -3.50. The van der Waals surface area contributed by atoms with Crippen molar-refractivity contribution in [2.24, 2.45) is 0 Å². The van der Waals surface area contributed by atoms with Crippen LogP contribution in [0.25, 0.3) is 0 Å². The topological polar surface area (TPSA) is 135 Å². The van der Waals surface area contributed by atoms with Crippen LogP contribution in [0.3, 0.4) is 0 Å². The van der Waals surface area contributed by atoms with Crippen LogP contribution in [0.5, 0.6) is 0 Å². The van der Waals surface area contributed by atoms with Crippen LogP contribution in [0.1, 0.15) is 293 Å². The zero-order valence-electron chi connectivity index (χ0n) is 46.6. The molecule has 7 nitrogen and oxygen atoms in total. The summed E-state index contributed by atoms with van der Waals surface area (Å²) in [6.07, 6.45) is 59.9. The Kier molecular flexibility index (Phi) is 45.3. The van der Waals surface area contributed by atoms with Crippen LogP contribution < -0.4 is 10.2 Å². The lowest BCUT2D eigenvalue weighted by Crippen LogP contribution is -2.28. The van der Waals surface area contributed by atoms with E-state index in [4.69, 9.17) is 4.55 Å². The van der Waals surface area contributed by atoms with Gasteiger partial charge in [0.15, 0.2) is 0 Å². The average molecular weight is 1020 g/mol. The number of carboxylic acid groups (broad SMARTS) is 2. The number of aromatic carboxylic acids is 2. The molecule has 68 heavy (non-hydrogen) atoms. The summed E-state index contributed by atoms with van der Waals surface area (Å²) in [7, 11) is -6.00. The zero-order valence-corrected chi connectivity index (χ0v) is 49.2. The molecule has 0 saturated carbocycles. The Bertz CT molecular complexity index is 1350. The summed E-state index contributed by atoms with van der Waals surface area (Å²) in [6.45, 7) is 21.2. The molecular formula is C58H112O7P2S. The Hall–Kier alpha value is -1.07. The van der Waals surface area contributed by atoms with Gasteiger partial charge in [0.1, 0.15) is 4.90 Å². The monoisotopic (exact) mass is 1010 g/mol. The van der Waals surface area contributed by atoms with Crippen LogP contribution in [-0.2, 0) is 10.1 Å². The zero-order chi connectivity index (χ0) is 51.5. The van der Waals surface area contributed by atoms with Crippen LogP contribution in [0.2, 0.25) is 0 Å². The molecule has 0 atom stereocenters. The molecule has 0 radical (unpaired) electrons. The minimum absolute atomic E-state index is 0.292. The lowest BCUT2D eigenvalue weighted by Gasteiger charge is -2.28. The van der Waals surface area contributed by atoms with Crippen molar-refractivity contribution in [3.8, 4) is 0 Å². The van der Waals surface area contributed by atoms with Crippen LogP contribution in [0, 0.1) is 13.8 Å². The van der Waals surface area contributed by atoms with Gasteiger partial charge in [0.2, 0.25) is 0 Å². The van der Waals surface area contributed by atoms with E-state index in [1.54, 1.807) is 62.1 Å². The smallest absolute Gasteiger partial charge is 0.295 e. The maximum Gasteiger partial charge on any atom is 0.295 e. The Morgan fingerprint density at radius 3 is 0.765 bits per heavy atom. The summed E-state index contributed by atoms with van der Waals surface area (Å²) in [6, 6.07) is 0.740. The summed E-state index contributed by atoms with van der Waals surface area (Å²) in [5.41, 5.74) is -1.85. The van der Waals surface area contributed by atoms with E-state index in [0.29, 0.717) is 0 Å². The second-order valence-electron chi connectivity index (χ2n) is 20.6. The van der Waals surface area contributed by atoms with E-state index >= 15 is 0 Å². The third-order valence-electron chi connectivity index (χ3n) is 14.4. The molecule has 0 amide bonds. The van der Waals surface area contributed by atoms with E-state index in [0.717, 1.165) is 19.9 Å². The van der Waals surface area contributed by atoms with Crippen molar-refractivity contribution in [3.63, 3.8) is 0 Å². The molecule has 0 aliphatic carbocycles. The lowest BCUT2D eigenvalue weighted by molar-refractivity contribution is -0.255. The summed E-state index contributed by atoms with van der Waals surface area (Å²) in [5, 5.41) is 21.6. The van der Waals surface area contributed by atoms with Crippen molar-refractivity contribution in [2.45, 2.75) is 280 Å². The molecule has 1 N–H and O–H groups in total. The number of carbonyl (C=O) groups is 2. The number of hydrogen-bond acceptors (Lipinski definition) is 6. The minimum atomic E-state index is -4.76. The molecule has 1 rings (SSSR count). The molecule has 1 aromatic carbocycles. The van der Waals surface area contributed by atoms with E-state index < -0.39 is 52.6 Å². The van der Waals surface area contributed by atoms with Gasteiger partial charge in [-0.1, -0.05) is 197 Å².